The van der Waals surface area contributed by atoms with Gasteiger partial charge in [0.2, 0.25) is 0 Å². The molecule has 0 aliphatic rings. The summed E-state index contributed by atoms with van der Waals surface area (Å²) in [5, 5.41) is 13.6. The number of para-hydroxylation sites is 1. The molecule has 28 heavy (non-hydrogen) atoms. The van der Waals surface area contributed by atoms with Gasteiger partial charge in [0, 0.05) is 19.5 Å². The number of carbonyl (C=O) groups is 1. The Morgan fingerprint density at radius 3 is 2.50 bits per heavy atom. The molecule has 3 rings (SSSR count). The number of methoxy groups -OCH3 is 1. The van der Waals surface area contributed by atoms with Crippen molar-refractivity contribution < 1.29 is 9.53 Å². The lowest BCUT2D eigenvalue weighted by Gasteiger charge is -2.07. The van der Waals surface area contributed by atoms with Crippen LogP contribution in [0.1, 0.15) is 12.5 Å². The topological polar surface area (TPSA) is 81.4 Å². The molecule has 0 amide bonds. The van der Waals surface area contributed by atoms with Gasteiger partial charge in [-0.05, 0) is 54.6 Å². The van der Waals surface area contributed by atoms with E-state index in [4.69, 9.17) is 4.74 Å². The smallest absolute Gasteiger partial charge is 0.197 e. The minimum absolute atomic E-state index is 0.153. The van der Waals surface area contributed by atoms with E-state index in [1.807, 2.05) is 67.1 Å². The van der Waals surface area contributed by atoms with Crippen LogP contribution in [0.5, 0.6) is 5.75 Å². The second-order valence-corrected chi connectivity index (χ2v) is 7.05. The molecule has 0 atom stereocenters. The highest BCUT2D eigenvalue weighted by molar-refractivity contribution is 8.15. The van der Waals surface area contributed by atoms with Crippen LogP contribution in [0.2, 0.25) is 0 Å². The molecule has 0 fully saturated rings. The second kappa shape index (κ2) is 8.71. The number of anilines is 1. The maximum Gasteiger partial charge on any atom is 0.197 e. The molecule has 0 spiro atoms. The number of aryl methyl sites for hydroxylation is 1. The molecule has 3 aromatic rings. The summed E-state index contributed by atoms with van der Waals surface area (Å²) in [6.07, 6.45) is 0. The predicted octanol–water partition coefficient (Wildman–Crippen LogP) is 3.91. The van der Waals surface area contributed by atoms with Crippen molar-refractivity contribution in [1.82, 2.24) is 14.8 Å². The number of hydrogen-bond acceptors (Lipinski definition) is 7. The average molecular weight is 395 g/mol. The van der Waals surface area contributed by atoms with Crippen LogP contribution in [0, 0.1) is 6.92 Å². The van der Waals surface area contributed by atoms with Crippen molar-refractivity contribution >= 4 is 28.3 Å². The van der Waals surface area contributed by atoms with Crippen molar-refractivity contribution in [1.29, 1.82) is 0 Å². The third-order valence-corrected chi connectivity index (χ3v) is 5.21. The minimum atomic E-state index is -0.153. The number of thioether (sulfide) groups is 1. The Kier molecular flexibility index (Phi) is 6.10. The van der Waals surface area contributed by atoms with E-state index < -0.39 is 0 Å². The maximum absolute atomic E-state index is 12.1. The van der Waals surface area contributed by atoms with Gasteiger partial charge >= 0.3 is 0 Å². The van der Waals surface area contributed by atoms with Gasteiger partial charge in [0.1, 0.15) is 5.75 Å². The molecule has 0 saturated carbocycles. The number of rotatable bonds is 6. The number of ether oxygens (including phenoxy) is 1. The van der Waals surface area contributed by atoms with E-state index in [9.17, 15) is 4.79 Å². The first kappa shape index (κ1) is 19.6. The van der Waals surface area contributed by atoms with Crippen LogP contribution < -0.4 is 10.2 Å². The zero-order valence-corrected chi connectivity index (χ0v) is 16.9. The van der Waals surface area contributed by atoms with E-state index in [2.05, 4.69) is 20.7 Å². The number of benzene rings is 2. The number of nitrogens with one attached hydrogen (secondary N) is 1. The first-order valence-electron chi connectivity index (χ1n) is 8.61. The molecular weight excluding hydrogens is 374 g/mol. The monoisotopic (exact) mass is 395 g/mol. The van der Waals surface area contributed by atoms with E-state index in [1.165, 1.54) is 18.7 Å². The van der Waals surface area contributed by atoms with E-state index in [-0.39, 0.29) is 5.78 Å². The van der Waals surface area contributed by atoms with E-state index in [0.29, 0.717) is 16.0 Å². The highest BCUT2D eigenvalue weighted by atomic mass is 32.2. The number of hydrazone groups is 1. The molecule has 1 heterocycles. The summed E-state index contributed by atoms with van der Waals surface area (Å²) in [4.78, 5) is 12.1. The van der Waals surface area contributed by atoms with Crippen LogP contribution in [0.3, 0.4) is 0 Å². The van der Waals surface area contributed by atoms with Crippen LogP contribution in [-0.2, 0) is 11.8 Å². The number of carbonyl (C=O) groups excluding carboxylic acids is 1. The normalized spacial score (nSPS) is 11.4. The van der Waals surface area contributed by atoms with Gasteiger partial charge in [-0.2, -0.15) is 5.10 Å². The van der Waals surface area contributed by atoms with Gasteiger partial charge in [0.05, 0.1) is 12.8 Å². The van der Waals surface area contributed by atoms with Crippen LogP contribution in [-0.4, -0.2) is 32.7 Å². The van der Waals surface area contributed by atoms with Crippen molar-refractivity contribution in [2.24, 2.45) is 12.1 Å². The standard InChI is InChI=1S/C20H21N5O2S/c1-13-7-5-6-8-17(13)21-23-19(14(2)26)28-20-24-22-18(25(20)3)15-9-11-16(27-4)12-10-15/h5-12,21H,1-4H3/b23-19+. The van der Waals surface area contributed by atoms with Crippen LogP contribution >= 0.6 is 11.8 Å². The molecule has 0 bridgehead atoms. The summed E-state index contributed by atoms with van der Waals surface area (Å²) in [5.74, 6) is 1.31. The SMILES string of the molecule is COc1ccc(-c2nnc(S/C(=N/Nc3ccccc3C)C(C)=O)n2C)cc1. The van der Waals surface area contributed by atoms with Crippen molar-refractivity contribution in [2.75, 3.05) is 12.5 Å². The number of aromatic nitrogens is 3. The molecule has 2 aromatic carbocycles. The molecule has 0 saturated heterocycles. The third kappa shape index (κ3) is 4.40. The zero-order chi connectivity index (χ0) is 20.1. The van der Waals surface area contributed by atoms with Gasteiger partial charge in [0.25, 0.3) is 0 Å². The lowest BCUT2D eigenvalue weighted by atomic mass is 10.2. The summed E-state index contributed by atoms with van der Waals surface area (Å²) in [7, 11) is 3.48. The van der Waals surface area contributed by atoms with Crippen LogP contribution in [0.4, 0.5) is 5.69 Å². The Labute approximate surface area is 167 Å². The predicted molar refractivity (Wildman–Crippen MR) is 112 cm³/mol. The molecule has 0 aliphatic carbocycles. The molecule has 144 valence electrons. The Morgan fingerprint density at radius 1 is 1.14 bits per heavy atom. The number of nitrogens with zero attached hydrogens (tertiary/aromatic N) is 4. The molecule has 1 N–H and O–H groups in total. The fourth-order valence-electron chi connectivity index (χ4n) is 2.46. The highest BCUT2D eigenvalue weighted by Gasteiger charge is 2.17. The van der Waals surface area contributed by atoms with Crippen molar-refractivity contribution in [3.05, 3.63) is 54.1 Å². The molecule has 0 unspecified atom stereocenters. The van der Waals surface area contributed by atoms with Crippen LogP contribution in [0.15, 0.2) is 58.8 Å². The first-order chi connectivity index (χ1) is 13.5. The Hall–Kier alpha value is -3.13. The summed E-state index contributed by atoms with van der Waals surface area (Å²) in [6.45, 7) is 3.45. The molecule has 0 aliphatic heterocycles. The third-order valence-electron chi connectivity index (χ3n) is 4.10. The summed E-state index contributed by atoms with van der Waals surface area (Å²) < 4.78 is 7.02. The zero-order valence-electron chi connectivity index (χ0n) is 16.1. The largest absolute Gasteiger partial charge is 0.497 e. The minimum Gasteiger partial charge on any atom is -0.497 e. The maximum atomic E-state index is 12.1. The Morgan fingerprint density at radius 2 is 1.86 bits per heavy atom. The van der Waals surface area contributed by atoms with Gasteiger partial charge in [-0.1, -0.05) is 18.2 Å². The van der Waals surface area contributed by atoms with Crippen molar-refractivity contribution in [3.8, 4) is 17.1 Å². The molecule has 7 nitrogen and oxygen atoms in total. The Bertz CT molecular complexity index is 1010. The fraction of sp³-hybridized carbons (Fsp3) is 0.200. The van der Waals surface area contributed by atoms with E-state index in [0.717, 1.165) is 22.6 Å². The van der Waals surface area contributed by atoms with E-state index >= 15 is 0 Å². The molecule has 1 aromatic heterocycles. The van der Waals surface area contributed by atoms with Crippen LogP contribution in [0.25, 0.3) is 11.4 Å². The van der Waals surface area contributed by atoms with E-state index in [1.54, 1.807) is 7.11 Å². The first-order valence-corrected chi connectivity index (χ1v) is 9.43. The lowest BCUT2D eigenvalue weighted by Crippen LogP contribution is -2.10. The molecule has 0 radical (unpaired) electrons. The summed E-state index contributed by atoms with van der Waals surface area (Å²) in [5.41, 5.74) is 5.75. The average Bonchev–Trinajstić information content (AvgIpc) is 3.06. The summed E-state index contributed by atoms with van der Waals surface area (Å²) >= 11 is 1.17. The van der Waals surface area contributed by atoms with Crippen molar-refractivity contribution in [2.45, 2.75) is 19.0 Å². The van der Waals surface area contributed by atoms with Gasteiger partial charge in [-0.3, -0.25) is 10.2 Å². The Balaban J connectivity index is 1.82. The fourth-order valence-corrected chi connectivity index (χ4v) is 3.18. The molecular formula is C20H21N5O2S. The number of ketones is 1. The molecule has 8 heteroatoms. The number of hydrogen-bond donors (Lipinski definition) is 1. The summed E-state index contributed by atoms with van der Waals surface area (Å²) in [6, 6.07) is 15.3. The second-order valence-electron chi connectivity index (χ2n) is 6.10. The van der Waals surface area contributed by atoms with Gasteiger partial charge in [-0.15, -0.1) is 10.2 Å². The van der Waals surface area contributed by atoms with Crippen molar-refractivity contribution in [3.63, 3.8) is 0 Å². The quantitative estimate of drug-likeness (QED) is 0.295. The number of Topliss-reactive ketones (excluding diaryl/α,β-unsaturated/α-hetero) is 1. The highest BCUT2D eigenvalue weighted by Crippen LogP contribution is 2.25. The van der Waals surface area contributed by atoms with Gasteiger partial charge in [-0.25, -0.2) is 0 Å². The van der Waals surface area contributed by atoms with Gasteiger partial charge < -0.3 is 9.30 Å². The van der Waals surface area contributed by atoms with Gasteiger partial charge in [0.15, 0.2) is 21.8 Å². The lowest BCUT2D eigenvalue weighted by molar-refractivity contribution is -0.110.